The van der Waals surface area contributed by atoms with Crippen LogP contribution >= 0.6 is 0 Å². The van der Waals surface area contributed by atoms with Gasteiger partial charge in [0.05, 0.1) is 12.7 Å². The topological polar surface area (TPSA) is 78.4 Å². The Balaban J connectivity index is 1.48. The van der Waals surface area contributed by atoms with E-state index < -0.39 is 5.97 Å². The van der Waals surface area contributed by atoms with E-state index in [1.807, 2.05) is 0 Å². The zero-order valence-corrected chi connectivity index (χ0v) is 11.4. The summed E-state index contributed by atoms with van der Waals surface area (Å²) >= 11 is 0. The zero-order valence-electron chi connectivity index (χ0n) is 11.4. The first kappa shape index (κ1) is 13.3. The summed E-state index contributed by atoms with van der Waals surface area (Å²) in [5, 5.41) is 12.3. The minimum Gasteiger partial charge on any atom is -0.480 e. The Hall–Kier alpha value is -1.69. The monoisotopic (exact) mass is 276 g/mol. The van der Waals surface area contributed by atoms with Crippen molar-refractivity contribution in [2.75, 3.05) is 18.4 Å². The van der Waals surface area contributed by atoms with Gasteiger partial charge in [-0.15, -0.1) is 0 Å². The molecule has 0 saturated heterocycles. The van der Waals surface area contributed by atoms with E-state index in [0.29, 0.717) is 12.1 Å². The lowest BCUT2D eigenvalue weighted by Crippen LogP contribution is -2.52. The van der Waals surface area contributed by atoms with E-state index in [4.69, 9.17) is 5.11 Å². The predicted molar refractivity (Wildman–Crippen MR) is 74.4 cm³/mol. The number of anilines is 1. The molecule has 2 aliphatic carbocycles. The van der Waals surface area contributed by atoms with Crippen LogP contribution < -0.4 is 5.32 Å². The number of rotatable bonds is 7. The number of hydrogen-bond donors (Lipinski definition) is 2. The number of nitrogens with zero attached hydrogens (tertiary/aromatic N) is 3. The third kappa shape index (κ3) is 3.45. The highest BCUT2D eigenvalue weighted by Gasteiger charge is 2.37. The zero-order chi connectivity index (χ0) is 13.9. The number of nitrogens with one attached hydrogen (secondary N) is 1. The molecule has 2 saturated carbocycles. The second-order valence-corrected chi connectivity index (χ2v) is 5.82. The Labute approximate surface area is 118 Å². The van der Waals surface area contributed by atoms with Crippen LogP contribution in [0, 0.1) is 5.92 Å². The Morgan fingerprint density at radius 2 is 2.20 bits per heavy atom. The molecule has 1 heterocycles. The molecule has 0 atom stereocenters. The highest BCUT2D eigenvalue weighted by molar-refractivity contribution is 5.69. The molecule has 0 aliphatic heterocycles. The molecule has 1 aromatic rings. The van der Waals surface area contributed by atoms with E-state index in [1.165, 1.54) is 12.8 Å². The van der Waals surface area contributed by atoms with Gasteiger partial charge < -0.3 is 10.4 Å². The SMILES string of the molecule is O=C(O)CN(CC1CC1)C1CC(Nc2cnccn2)C1. The fourth-order valence-corrected chi connectivity index (χ4v) is 2.74. The van der Waals surface area contributed by atoms with Crippen LogP contribution in [-0.4, -0.2) is 51.1 Å². The summed E-state index contributed by atoms with van der Waals surface area (Å²) < 4.78 is 0. The summed E-state index contributed by atoms with van der Waals surface area (Å²) in [5.41, 5.74) is 0. The Bertz CT molecular complexity index is 458. The summed E-state index contributed by atoms with van der Waals surface area (Å²) in [6.45, 7) is 1.11. The van der Waals surface area contributed by atoms with Crippen LogP contribution in [0.3, 0.4) is 0 Å². The van der Waals surface area contributed by atoms with E-state index in [2.05, 4.69) is 20.2 Å². The van der Waals surface area contributed by atoms with Crippen LogP contribution in [0.4, 0.5) is 5.82 Å². The van der Waals surface area contributed by atoms with E-state index in [0.717, 1.165) is 31.1 Å². The van der Waals surface area contributed by atoms with E-state index in [9.17, 15) is 4.79 Å². The highest BCUT2D eigenvalue weighted by Crippen LogP contribution is 2.34. The van der Waals surface area contributed by atoms with Gasteiger partial charge in [-0.05, 0) is 31.6 Å². The molecule has 2 aliphatic rings. The van der Waals surface area contributed by atoms with Gasteiger partial charge in [0.25, 0.3) is 0 Å². The van der Waals surface area contributed by atoms with E-state index in [1.54, 1.807) is 18.6 Å². The Morgan fingerprint density at radius 1 is 1.40 bits per heavy atom. The van der Waals surface area contributed by atoms with Crippen LogP contribution in [0.2, 0.25) is 0 Å². The first-order valence-corrected chi connectivity index (χ1v) is 7.19. The second kappa shape index (κ2) is 5.75. The van der Waals surface area contributed by atoms with Crippen molar-refractivity contribution in [2.45, 2.75) is 37.8 Å². The minimum atomic E-state index is -0.726. The van der Waals surface area contributed by atoms with Crippen LogP contribution in [0.5, 0.6) is 0 Å². The van der Waals surface area contributed by atoms with Crippen molar-refractivity contribution in [3.8, 4) is 0 Å². The number of hydrogen-bond acceptors (Lipinski definition) is 5. The van der Waals surface area contributed by atoms with Gasteiger partial charge in [0.2, 0.25) is 0 Å². The number of carbonyl (C=O) groups is 1. The molecule has 0 spiro atoms. The van der Waals surface area contributed by atoms with Gasteiger partial charge in [-0.3, -0.25) is 14.7 Å². The number of carboxylic acids is 1. The van der Waals surface area contributed by atoms with Crippen molar-refractivity contribution in [3.63, 3.8) is 0 Å². The van der Waals surface area contributed by atoms with Crippen LogP contribution in [0.1, 0.15) is 25.7 Å². The lowest BCUT2D eigenvalue weighted by Gasteiger charge is -2.42. The largest absolute Gasteiger partial charge is 0.480 e. The van der Waals surface area contributed by atoms with Gasteiger partial charge in [0, 0.05) is 31.0 Å². The van der Waals surface area contributed by atoms with Gasteiger partial charge in [0.15, 0.2) is 0 Å². The quantitative estimate of drug-likeness (QED) is 0.779. The second-order valence-electron chi connectivity index (χ2n) is 5.82. The molecule has 108 valence electrons. The lowest BCUT2D eigenvalue weighted by molar-refractivity contribution is -0.139. The average Bonchev–Trinajstić information content (AvgIpc) is 3.17. The van der Waals surface area contributed by atoms with E-state index >= 15 is 0 Å². The van der Waals surface area contributed by atoms with Crippen molar-refractivity contribution >= 4 is 11.8 Å². The minimum absolute atomic E-state index is 0.166. The lowest BCUT2D eigenvalue weighted by atomic mass is 9.85. The van der Waals surface area contributed by atoms with Gasteiger partial charge in [-0.2, -0.15) is 0 Å². The first-order chi connectivity index (χ1) is 9.70. The highest BCUT2D eigenvalue weighted by atomic mass is 16.4. The fraction of sp³-hybridized carbons (Fsp3) is 0.643. The maximum absolute atomic E-state index is 11.0. The van der Waals surface area contributed by atoms with Crippen molar-refractivity contribution < 1.29 is 9.90 Å². The summed E-state index contributed by atoms with van der Waals surface area (Å²) in [5.74, 6) is 0.792. The summed E-state index contributed by atoms with van der Waals surface area (Å²) in [4.78, 5) is 21.3. The molecule has 20 heavy (non-hydrogen) atoms. The van der Waals surface area contributed by atoms with Crippen molar-refractivity contribution in [1.29, 1.82) is 0 Å². The average molecular weight is 276 g/mol. The van der Waals surface area contributed by atoms with Crippen molar-refractivity contribution in [1.82, 2.24) is 14.9 Å². The molecule has 0 aromatic carbocycles. The molecule has 6 nitrogen and oxygen atoms in total. The van der Waals surface area contributed by atoms with Gasteiger partial charge >= 0.3 is 5.97 Å². The summed E-state index contributed by atoms with van der Waals surface area (Å²) in [6.07, 6.45) is 9.51. The van der Waals surface area contributed by atoms with Crippen LogP contribution in [0.15, 0.2) is 18.6 Å². The number of carboxylic acid groups (broad SMARTS) is 1. The van der Waals surface area contributed by atoms with Crippen molar-refractivity contribution in [3.05, 3.63) is 18.6 Å². The molecule has 1 aromatic heterocycles. The third-order valence-corrected chi connectivity index (χ3v) is 4.07. The normalized spacial score (nSPS) is 25.2. The molecular formula is C14H20N4O2. The van der Waals surface area contributed by atoms with Gasteiger partial charge in [-0.25, -0.2) is 4.98 Å². The summed E-state index contributed by atoms with van der Waals surface area (Å²) in [7, 11) is 0. The molecule has 3 rings (SSSR count). The number of aromatic nitrogens is 2. The predicted octanol–water partition coefficient (Wildman–Crippen LogP) is 1.22. The van der Waals surface area contributed by atoms with Gasteiger partial charge in [-0.1, -0.05) is 0 Å². The third-order valence-electron chi connectivity index (χ3n) is 4.07. The first-order valence-electron chi connectivity index (χ1n) is 7.19. The fourth-order valence-electron chi connectivity index (χ4n) is 2.74. The molecule has 2 N–H and O–H groups in total. The van der Waals surface area contributed by atoms with Crippen LogP contribution in [0.25, 0.3) is 0 Å². The Kier molecular flexibility index (Phi) is 3.82. The molecule has 0 bridgehead atoms. The molecule has 0 radical (unpaired) electrons. The maximum Gasteiger partial charge on any atom is 0.317 e. The maximum atomic E-state index is 11.0. The smallest absolute Gasteiger partial charge is 0.317 e. The van der Waals surface area contributed by atoms with E-state index in [-0.39, 0.29) is 6.54 Å². The molecule has 2 fully saturated rings. The van der Waals surface area contributed by atoms with Gasteiger partial charge in [0.1, 0.15) is 5.82 Å². The Morgan fingerprint density at radius 3 is 2.80 bits per heavy atom. The van der Waals surface area contributed by atoms with Crippen LogP contribution in [-0.2, 0) is 4.79 Å². The van der Waals surface area contributed by atoms with Crippen molar-refractivity contribution in [2.24, 2.45) is 5.92 Å². The summed E-state index contributed by atoms with van der Waals surface area (Å²) in [6, 6.07) is 0.771. The number of aliphatic carboxylic acids is 1. The molecular weight excluding hydrogens is 256 g/mol. The standard InChI is InChI=1S/C14H20N4O2/c19-14(20)9-18(8-10-1-2-10)12-5-11(6-12)17-13-7-15-3-4-16-13/h3-4,7,10-12H,1-2,5-6,8-9H2,(H,16,17)(H,19,20). The molecule has 6 heteroatoms. The molecule has 0 amide bonds. The molecule has 0 unspecified atom stereocenters.